The average molecular weight is 448 g/mol. The number of benzene rings is 1. The quantitative estimate of drug-likeness (QED) is 0.361. The van der Waals surface area contributed by atoms with Crippen LogP contribution in [0.1, 0.15) is 36.0 Å². The fourth-order valence-electron chi connectivity index (χ4n) is 4.77. The van der Waals surface area contributed by atoms with Gasteiger partial charge in [-0.15, -0.1) is 16.1 Å². The normalized spacial score (nSPS) is 16.9. The fraction of sp³-hybridized carbons (Fsp3) is 0.429. The van der Waals surface area contributed by atoms with E-state index in [0.29, 0.717) is 23.3 Å². The number of nitrogens with zero attached hydrogens (tertiary/aromatic N) is 3. The summed E-state index contributed by atoms with van der Waals surface area (Å²) in [5, 5.41) is -5.86. The monoisotopic (exact) mass is 449 g/mol. The molecule has 3 aromatic rings. The van der Waals surface area contributed by atoms with Gasteiger partial charge in [-0.3, -0.25) is 9.88 Å². The first-order valence-corrected chi connectivity index (χ1v) is 11.5. The third-order valence-corrected chi connectivity index (χ3v) is 7.26. The predicted octanol–water partition coefficient (Wildman–Crippen LogP) is -4.13. The van der Waals surface area contributed by atoms with Crippen LogP contribution in [0.15, 0.2) is 18.3 Å². The summed E-state index contributed by atoms with van der Waals surface area (Å²) in [4.78, 5) is 14.0. The summed E-state index contributed by atoms with van der Waals surface area (Å²) in [6.45, 7) is -0.252. The van der Waals surface area contributed by atoms with Crippen LogP contribution in [0.3, 0.4) is 0 Å². The zero-order valence-corrected chi connectivity index (χ0v) is 20.0. The first-order chi connectivity index (χ1) is 16.7. The van der Waals surface area contributed by atoms with E-state index >= 15 is 0 Å². The molecule has 0 bridgehead atoms. The highest BCUT2D eigenvalue weighted by Crippen LogP contribution is 2.52. The number of nitrogens with two attached hydrogens (primary N) is 1. The number of H-pyrrole nitrogens is 1. The third kappa shape index (κ3) is 4.28. The van der Waals surface area contributed by atoms with E-state index in [-0.39, 0.29) is 34.9 Å². The van der Waals surface area contributed by atoms with Crippen LogP contribution in [0.25, 0.3) is 11.0 Å². The molecule has 4 rings (SSSR count). The zero-order valence-electron chi connectivity index (χ0n) is 20.0. The van der Waals surface area contributed by atoms with E-state index in [1.807, 2.05) is 12.1 Å². The number of rotatable bonds is 7. The van der Waals surface area contributed by atoms with Gasteiger partial charge in [-0.05, 0) is 37.4 Å². The fourth-order valence-corrected chi connectivity index (χ4v) is 4.77. The Balaban J connectivity index is 1.87. The summed E-state index contributed by atoms with van der Waals surface area (Å²) in [5.41, 5.74) is 9.13. The topological polar surface area (TPSA) is 70.8 Å². The molecule has 1 aromatic carbocycles. The highest BCUT2D eigenvalue weighted by Gasteiger charge is 2.49. The lowest BCUT2D eigenvalue weighted by molar-refractivity contribution is 0.106. The van der Waals surface area contributed by atoms with Crippen LogP contribution in [0.4, 0.5) is 0 Å². The maximum absolute atomic E-state index is 6.72. The second-order valence-electron chi connectivity index (χ2n) is 9.58. The number of imidazole rings is 1. The molecular weight excluding hydrogens is 430 g/mol. The van der Waals surface area contributed by atoms with Gasteiger partial charge in [0.25, 0.3) is 0 Å². The molecular formula is C21H17B10N5. The second kappa shape index (κ2) is 9.62. The van der Waals surface area contributed by atoms with Gasteiger partial charge in [-0.1, -0.05) is 27.5 Å². The Hall–Kier alpha value is -1.59. The standard InChI is InChI=1S/C21H17B10N5/c22-12-13(23)15(25)18-17(14(12)24)34-11(35-18)7-36(21(30,31)20(28,29)19(26,27)8-32)10-5-1-3-9-4-2-6-33-16(9)10/h2,4,6,10H,1,3,5,7-8,32H2,(H,34,35)/t10-/m0/s1. The molecule has 20 radical (unpaired) electrons. The second-order valence-corrected chi connectivity index (χ2v) is 9.58. The molecule has 0 spiro atoms. The van der Waals surface area contributed by atoms with Gasteiger partial charge >= 0.3 is 0 Å². The molecule has 5 nitrogen and oxygen atoms in total. The summed E-state index contributed by atoms with van der Waals surface area (Å²) >= 11 is 0. The van der Waals surface area contributed by atoms with Crippen molar-refractivity contribution in [3.05, 3.63) is 35.4 Å². The third-order valence-electron chi connectivity index (χ3n) is 7.26. The van der Waals surface area contributed by atoms with Crippen LogP contribution in [0.2, 0.25) is 10.4 Å². The number of aromatic amines is 1. The van der Waals surface area contributed by atoms with Crippen molar-refractivity contribution in [2.75, 3.05) is 6.54 Å². The minimum Gasteiger partial charge on any atom is -0.341 e. The lowest BCUT2D eigenvalue weighted by atomic mass is 9.19. The summed E-state index contributed by atoms with van der Waals surface area (Å²) in [6, 6.07) is 3.48. The number of pyridine rings is 1. The van der Waals surface area contributed by atoms with Crippen LogP contribution in [-0.2, 0) is 13.0 Å². The Bertz CT molecular complexity index is 1250. The number of aromatic nitrogens is 3. The van der Waals surface area contributed by atoms with Crippen molar-refractivity contribution in [2.24, 2.45) is 5.73 Å². The zero-order chi connectivity index (χ0) is 26.6. The Kier molecular flexibility index (Phi) is 7.33. The van der Waals surface area contributed by atoms with Crippen LogP contribution in [0.5, 0.6) is 0 Å². The molecule has 0 saturated carbocycles. The van der Waals surface area contributed by atoms with E-state index in [4.69, 9.17) is 84.2 Å². The van der Waals surface area contributed by atoms with Gasteiger partial charge in [0.1, 0.15) is 37.2 Å². The van der Waals surface area contributed by atoms with E-state index in [2.05, 4.69) is 15.0 Å². The van der Waals surface area contributed by atoms with Crippen molar-refractivity contribution in [3.63, 3.8) is 0 Å². The summed E-state index contributed by atoms with van der Waals surface area (Å²) < 4.78 is 0. The van der Waals surface area contributed by atoms with Crippen molar-refractivity contribution in [3.8, 4) is 0 Å². The molecule has 15 heteroatoms. The molecule has 0 aliphatic heterocycles. The van der Waals surface area contributed by atoms with Crippen LogP contribution >= 0.6 is 0 Å². The highest BCUT2D eigenvalue weighted by molar-refractivity contribution is 6.66. The molecule has 0 amide bonds. The average Bonchev–Trinajstić information content (AvgIpc) is 3.28. The lowest BCUT2D eigenvalue weighted by Gasteiger charge is -2.61. The van der Waals surface area contributed by atoms with E-state index in [1.165, 1.54) is 0 Å². The summed E-state index contributed by atoms with van der Waals surface area (Å²) in [6.07, 6.45) is 4.05. The molecule has 36 heavy (non-hydrogen) atoms. The van der Waals surface area contributed by atoms with E-state index in [9.17, 15) is 0 Å². The van der Waals surface area contributed by atoms with Gasteiger partial charge in [0.15, 0.2) is 0 Å². The molecule has 2 heterocycles. The van der Waals surface area contributed by atoms with E-state index in [1.54, 1.807) is 11.1 Å². The van der Waals surface area contributed by atoms with Crippen molar-refractivity contribution < 1.29 is 0 Å². The molecule has 0 unspecified atom stereocenters. The number of aryl methyl sites for hydroxylation is 1. The van der Waals surface area contributed by atoms with Crippen LogP contribution in [0, 0.1) is 0 Å². The van der Waals surface area contributed by atoms with Gasteiger partial charge in [0.05, 0.1) is 76.4 Å². The van der Waals surface area contributed by atoms with Gasteiger partial charge < -0.3 is 10.7 Å². The Labute approximate surface area is 226 Å². The van der Waals surface area contributed by atoms with E-state index in [0.717, 1.165) is 24.1 Å². The first kappa shape index (κ1) is 27.4. The Morgan fingerprint density at radius 3 is 2.33 bits per heavy atom. The summed E-state index contributed by atoms with van der Waals surface area (Å²) in [5.74, 6) is 0.403. The van der Waals surface area contributed by atoms with Gasteiger partial charge in [0, 0.05) is 6.20 Å². The molecule has 1 aliphatic rings. The largest absolute Gasteiger partial charge is 0.341 e. The van der Waals surface area contributed by atoms with Gasteiger partial charge in [-0.25, -0.2) is 4.98 Å². The molecule has 1 aliphatic carbocycles. The first-order valence-electron chi connectivity index (χ1n) is 11.5. The number of hydrogen-bond acceptors (Lipinski definition) is 4. The maximum atomic E-state index is 6.72. The smallest absolute Gasteiger partial charge is 0.121 e. The molecule has 1 atom stereocenters. The predicted molar refractivity (Wildman–Crippen MR) is 155 cm³/mol. The Morgan fingerprint density at radius 1 is 1.00 bits per heavy atom. The van der Waals surface area contributed by atoms with Crippen LogP contribution < -0.4 is 27.6 Å². The molecule has 156 valence electrons. The number of nitrogens with one attached hydrogen (secondary N) is 1. The summed E-state index contributed by atoms with van der Waals surface area (Å²) in [7, 11) is 63.1. The highest BCUT2D eigenvalue weighted by atomic mass is 15.2. The molecule has 0 saturated heterocycles. The maximum Gasteiger partial charge on any atom is 0.121 e. The van der Waals surface area contributed by atoms with Crippen molar-refractivity contribution in [2.45, 2.75) is 47.6 Å². The van der Waals surface area contributed by atoms with Gasteiger partial charge in [0.2, 0.25) is 0 Å². The molecule has 2 aromatic heterocycles. The minimum atomic E-state index is -2.06. The van der Waals surface area contributed by atoms with Crippen molar-refractivity contribution in [1.29, 1.82) is 0 Å². The van der Waals surface area contributed by atoms with Crippen molar-refractivity contribution in [1.82, 2.24) is 19.9 Å². The van der Waals surface area contributed by atoms with Gasteiger partial charge in [-0.2, -0.15) is 0 Å². The SMILES string of the molecule is [B]c1c([B])c([B])c2[nH]c(CN([C@H]3CCCc4cccnc43)C([B])([B])C([B])([B])C([B])([B])CN)nc2c1[B]. The Morgan fingerprint density at radius 2 is 1.67 bits per heavy atom. The van der Waals surface area contributed by atoms with Crippen LogP contribution in [-0.4, -0.2) is 110 Å². The number of hydrogen-bond donors (Lipinski definition) is 2. The molecule has 3 N–H and O–H groups in total. The minimum absolute atomic E-state index is 0.0256. The van der Waals surface area contributed by atoms with Crippen molar-refractivity contribution >= 4 is 111 Å². The van der Waals surface area contributed by atoms with E-state index < -0.39 is 21.8 Å². The molecule has 0 fully saturated rings. The number of fused-ring (bicyclic) bond motifs is 2. The lowest BCUT2D eigenvalue weighted by Crippen LogP contribution is -2.64.